The first-order valence-corrected chi connectivity index (χ1v) is 11.1. The Hall–Kier alpha value is -3.16. The standard InChI is InChI=1S/C23H19ClN4O2S/c1-2-16-3-11-20(12-4-16)27-22(18-7-9-19(24)10-8-18)25-26-23(27)31-15-17-5-13-21(14-6-17)28(29)30/h3-14H,2,15H2,1H3. The van der Waals surface area contributed by atoms with Crippen LogP contribution in [0.3, 0.4) is 0 Å². The fourth-order valence-corrected chi connectivity index (χ4v) is 4.16. The molecule has 0 saturated carbocycles. The summed E-state index contributed by atoms with van der Waals surface area (Å²) in [7, 11) is 0. The van der Waals surface area contributed by atoms with E-state index in [1.54, 1.807) is 12.1 Å². The molecule has 0 N–H and O–H groups in total. The summed E-state index contributed by atoms with van der Waals surface area (Å²) in [6.07, 6.45) is 0.967. The van der Waals surface area contributed by atoms with Crippen LogP contribution in [0.2, 0.25) is 5.02 Å². The van der Waals surface area contributed by atoms with Gasteiger partial charge < -0.3 is 0 Å². The van der Waals surface area contributed by atoms with Gasteiger partial charge in [-0.1, -0.05) is 54.6 Å². The molecular formula is C23H19ClN4O2S. The first-order valence-electron chi connectivity index (χ1n) is 9.72. The summed E-state index contributed by atoms with van der Waals surface area (Å²) in [6, 6.07) is 22.4. The van der Waals surface area contributed by atoms with Gasteiger partial charge in [-0.3, -0.25) is 14.7 Å². The summed E-state index contributed by atoms with van der Waals surface area (Å²) >= 11 is 7.58. The first-order chi connectivity index (χ1) is 15.0. The molecule has 0 aliphatic carbocycles. The molecule has 8 heteroatoms. The molecule has 3 aromatic carbocycles. The van der Waals surface area contributed by atoms with Crippen molar-refractivity contribution in [2.45, 2.75) is 24.3 Å². The number of nitrogens with zero attached hydrogens (tertiary/aromatic N) is 4. The first kappa shape index (κ1) is 21.1. The molecule has 31 heavy (non-hydrogen) atoms. The lowest BCUT2D eigenvalue weighted by Gasteiger charge is -2.11. The Morgan fingerprint density at radius 1 is 0.935 bits per heavy atom. The molecule has 0 amide bonds. The predicted molar refractivity (Wildman–Crippen MR) is 124 cm³/mol. The van der Waals surface area contributed by atoms with Crippen LogP contribution >= 0.6 is 23.4 Å². The number of non-ortho nitro benzene ring substituents is 1. The van der Waals surface area contributed by atoms with Crippen LogP contribution in [0.5, 0.6) is 0 Å². The zero-order chi connectivity index (χ0) is 21.8. The summed E-state index contributed by atoms with van der Waals surface area (Å²) in [4.78, 5) is 10.5. The maximum atomic E-state index is 10.9. The molecule has 0 bridgehead atoms. The Balaban J connectivity index is 1.67. The number of nitro groups is 1. The van der Waals surface area contributed by atoms with E-state index in [0.717, 1.165) is 34.2 Å². The van der Waals surface area contributed by atoms with Crippen molar-refractivity contribution in [3.63, 3.8) is 0 Å². The van der Waals surface area contributed by atoms with E-state index in [4.69, 9.17) is 11.6 Å². The number of aryl methyl sites for hydroxylation is 1. The predicted octanol–water partition coefficient (Wildman–Crippen LogP) is 6.35. The highest BCUT2D eigenvalue weighted by Crippen LogP contribution is 2.30. The molecule has 0 unspecified atom stereocenters. The fourth-order valence-electron chi connectivity index (χ4n) is 3.12. The lowest BCUT2D eigenvalue weighted by atomic mass is 10.1. The number of benzene rings is 3. The van der Waals surface area contributed by atoms with E-state index in [1.165, 1.54) is 29.5 Å². The molecule has 0 radical (unpaired) electrons. The molecule has 0 aliphatic rings. The lowest BCUT2D eigenvalue weighted by Crippen LogP contribution is -2.00. The third-order valence-corrected chi connectivity index (χ3v) is 6.11. The second-order valence-electron chi connectivity index (χ2n) is 6.88. The highest BCUT2D eigenvalue weighted by molar-refractivity contribution is 7.98. The SMILES string of the molecule is CCc1ccc(-n2c(SCc3ccc([N+](=O)[O-])cc3)nnc2-c2ccc(Cl)cc2)cc1. The molecule has 0 aliphatic heterocycles. The third kappa shape index (κ3) is 4.78. The van der Waals surface area contributed by atoms with E-state index < -0.39 is 4.92 Å². The quantitative estimate of drug-likeness (QED) is 0.186. The van der Waals surface area contributed by atoms with Crippen LogP contribution in [0.25, 0.3) is 17.1 Å². The number of thioether (sulfide) groups is 1. The third-order valence-electron chi connectivity index (χ3n) is 4.85. The summed E-state index contributed by atoms with van der Waals surface area (Å²) in [6.45, 7) is 2.12. The van der Waals surface area contributed by atoms with Crippen LogP contribution in [-0.2, 0) is 12.2 Å². The average molecular weight is 451 g/mol. The summed E-state index contributed by atoms with van der Waals surface area (Å²) in [5, 5.41) is 21.1. The topological polar surface area (TPSA) is 73.8 Å². The van der Waals surface area contributed by atoms with Gasteiger partial charge in [0.25, 0.3) is 5.69 Å². The Kier molecular flexibility index (Phi) is 6.34. The Morgan fingerprint density at radius 2 is 1.58 bits per heavy atom. The average Bonchev–Trinajstić information content (AvgIpc) is 3.22. The summed E-state index contributed by atoms with van der Waals surface area (Å²) in [5.74, 6) is 1.34. The van der Waals surface area contributed by atoms with Crippen molar-refractivity contribution < 1.29 is 4.92 Å². The lowest BCUT2D eigenvalue weighted by molar-refractivity contribution is -0.384. The van der Waals surface area contributed by atoms with Crippen molar-refractivity contribution in [1.82, 2.24) is 14.8 Å². The Bertz CT molecular complexity index is 1190. The van der Waals surface area contributed by atoms with E-state index in [0.29, 0.717) is 10.8 Å². The minimum Gasteiger partial charge on any atom is -0.270 e. The van der Waals surface area contributed by atoms with Gasteiger partial charge in [-0.2, -0.15) is 0 Å². The summed E-state index contributed by atoms with van der Waals surface area (Å²) in [5.41, 5.74) is 4.19. The van der Waals surface area contributed by atoms with Crippen molar-refractivity contribution >= 4 is 29.1 Å². The molecule has 1 heterocycles. The zero-order valence-electron chi connectivity index (χ0n) is 16.7. The number of rotatable bonds is 7. The van der Waals surface area contributed by atoms with Crippen LogP contribution in [0, 0.1) is 10.1 Å². The van der Waals surface area contributed by atoms with Crippen molar-refractivity contribution in [2.75, 3.05) is 0 Å². The normalized spacial score (nSPS) is 10.9. The maximum absolute atomic E-state index is 10.9. The number of hydrogen-bond acceptors (Lipinski definition) is 5. The molecule has 1 aromatic heterocycles. The number of halogens is 1. The second kappa shape index (κ2) is 9.32. The van der Waals surface area contributed by atoms with E-state index >= 15 is 0 Å². The zero-order valence-corrected chi connectivity index (χ0v) is 18.3. The van der Waals surface area contributed by atoms with Crippen molar-refractivity contribution in [1.29, 1.82) is 0 Å². The number of nitro benzene ring substituents is 1. The largest absolute Gasteiger partial charge is 0.270 e. The molecule has 4 aromatic rings. The van der Waals surface area contributed by atoms with Gasteiger partial charge in [0.15, 0.2) is 11.0 Å². The van der Waals surface area contributed by atoms with E-state index in [2.05, 4.69) is 41.4 Å². The van der Waals surface area contributed by atoms with Crippen LogP contribution in [0.1, 0.15) is 18.1 Å². The highest BCUT2D eigenvalue weighted by atomic mass is 35.5. The maximum Gasteiger partial charge on any atom is 0.269 e. The van der Waals surface area contributed by atoms with Gasteiger partial charge in [0.1, 0.15) is 0 Å². The molecule has 0 saturated heterocycles. The van der Waals surface area contributed by atoms with E-state index in [1.807, 2.05) is 28.8 Å². The second-order valence-corrected chi connectivity index (χ2v) is 8.26. The Morgan fingerprint density at radius 3 is 2.19 bits per heavy atom. The fraction of sp³-hybridized carbons (Fsp3) is 0.130. The minimum absolute atomic E-state index is 0.0814. The van der Waals surface area contributed by atoms with Gasteiger partial charge >= 0.3 is 0 Å². The van der Waals surface area contributed by atoms with Gasteiger partial charge in [-0.25, -0.2) is 0 Å². The highest BCUT2D eigenvalue weighted by Gasteiger charge is 2.16. The monoisotopic (exact) mass is 450 g/mol. The van der Waals surface area contributed by atoms with Gasteiger partial charge in [0.05, 0.1) is 4.92 Å². The molecule has 4 rings (SSSR count). The minimum atomic E-state index is -0.397. The van der Waals surface area contributed by atoms with Crippen LogP contribution in [0.4, 0.5) is 5.69 Å². The number of aromatic nitrogens is 3. The van der Waals surface area contributed by atoms with Crippen LogP contribution in [0.15, 0.2) is 78.0 Å². The van der Waals surface area contributed by atoms with Crippen molar-refractivity contribution in [3.05, 3.63) is 99.1 Å². The van der Waals surface area contributed by atoms with Crippen LogP contribution < -0.4 is 0 Å². The number of hydrogen-bond donors (Lipinski definition) is 0. The van der Waals surface area contributed by atoms with E-state index in [-0.39, 0.29) is 5.69 Å². The molecule has 156 valence electrons. The Labute approximate surface area is 189 Å². The van der Waals surface area contributed by atoms with Gasteiger partial charge in [-0.05, 0) is 53.9 Å². The molecular weight excluding hydrogens is 432 g/mol. The van der Waals surface area contributed by atoms with Gasteiger partial charge in [0.2, 0.25) is 0 Å². The molecule has 0 fully saturated rings. The molecule has 6 nitrogen and oxygen atoms in total. The summed E-state index contributed by atoms with van der Waals surface area (Å²) < 4.78 is 2.03. The van der Waals surface area contributed by atoms with Crippen molar-refractivity contribution in [3.8, 4) is 17.1 Å². The van der Waals surface area contributed by atoms with E-state index in [9.17, 15) is 10.1 Å². The van der Waals surface area contributed by atoms with Gasteiger partial charge in [-0.15, -0.1) is 10.2 Å². The van der Waals surface area contributed by atoms with Crippen LogP contribution in [-0.4, -0.2) is 19.7 Å². The molecule has 0 spiro atoms. The smallest absolute Gasteiger partial charge is 0.269 e. The van der Waals surface area contributed by atoms with Gasteiger partial charge in [0, 0.05) is 34.2 Å². The molecule has 0 atom stereocenters. The van der Waals surface area contributed by atoms with Crippen molar-refractivity contribution in [2.24, 2.45) is 0 Å².